The third-order valence-electron chi connectivity index (χ3n) is 15.3. The molecule has 4 saturated carbocycles. The summed E-state index contributed by atoms with van der Waals surface area (Å²) in [6, 6.07) is -5.68. The van der Waals surface area contributed by atoms with Crippen molar-refractivity contribution >= 4 is 59.3 Å². The van der Waals surface area contributed by atoms with Gasteiger partial charge in [0.1, 0.15) is 35.4 Å². The predicted molar refractivity (Wildman–Crippen MR) is 263 cm³/mol. The molecule has 0 bridgehead atoms. The van der Waals surface area contributed by atoms with E-state index < -0.39 is 112 Å². The van der Waals surface area contributed by atoms with E-state index in [0.717, 1.165) is 25.7 Å². The average Bonchev–Trinajstić information content (AvgIpc) is 4.19. The second-order valence-corrected chi connectivity index (χ2v) is 26.5. The molecule has 6 fully saturated rings. The maximum Gasteiger partial charge on any atom is 0.408 e. The van der Waals surface area contributed by atoms with Gasteiger partial charge in [-0.15, -0.1) is 0 Å². The number of nitrogens with one attached hydrogen (secondary N) is 4. The molecule has 3 unspecified atom stereocenters. The van der Waals surface area contributed by atoms with Crippen LogP contribution in [0, 0.1) is 57.2 Å². The zero-order valence-corrected chi connectivity index (χ0v) is 45.4. The molecule has 6 aliphatic rings. The van der Waals surface area contributed by atoms with Gasteiger partial charge in [-0.25, -0.2) is 14.4 Å². The van der Waals surface area contributed by atoms with Gasteiger partial charge in [-0.1, -0.05) is 94.9 Å². The van der Waals surface area contributed by atoms with Gasteiger partial charge in [-0.05, 0) is 112 Å². The van der Waals surface area contributed by atoms with Crippen molar-refractivity contribution in [3.8, 4) is 0 Å². The number of amides is 7. The van der Waals surface area contributed by atoms with Crippen molar-refractivity contribution < 1.29 is 62.5 Å². The van der Waals surface area contributed by atoms with Crippen LogP contribution in [0.1, 0.15) is 149 Å². The van der Waals surface area contributed by atoms with Gasteiger partial charge in [0.25, 0.3) is 11.7 Å². The number of Topliss-reactive ketones (excluding diaryl/α,β-unsaturated/α-hetero) is 2. The molecule has 0 spiro atoms. The van der Waals surface area contributed by atoms with Gasteiger partial charge in [-0.3, -0.25) is 33.6 Å². The van der Waals surface area contributed by atoms with E-state index in [1.807, 2.05) is 55.4 Å². The van der Waals surface area contributed by atoms with Crippen LogP contribution in [0.5, 0.6) is 0 Å². The highest BCUT2D eigenvalue weighted by Crippen LogP contribution is 2.66. The minimum atomic E-state index is -1.58. The minimum Gasteiger partial charge on any atom is -0.475 e. The van der Waals surface area contributed by atoms with Crippen LogP contribution >= 0.6 is 0 Å². The van der Waals surface area contributed by atoms with E-state index >= 15 is 0 Å². The maximum absolute atomic E-state index is 13.8. The van der Waals surface area contributed by atoms with Crippen LogP contribution < -0.4 is 27.0 Å². The number of ketones is 2. The summed E-state index contributed by atoms with van der Waals surface area (Å²) in [5.41, 5.74) is 2.11. The number of carboxylic acids is 1. The Balaban J connectivity index is 0.000000267. The number of rotatable bonds is 16. The number of nitrogens with zero attached hydrogens (tertiary/aromatic N) is 2. The quantitative estimate of drug-likeness (QED) is 0.119. The predicted octanol–water partition coefficient (Wildman–Crippen LogP) is 4.10. The number of likely N-dealkylation sites (tertiary alicyclic amines) is 2. The largest absolute Gasteiger partial charge is 0.475 e. The summed E-state index contributed by atoms with van der Waals surface area (Å²) < 4.78 is 10.7. The van der Waals surface area contributed by atoms with E-state index in [1.165, 1.54) is 9.80 Å². The van der Waals surface area contributed by atoms with Gasteiger partial charge >= 0.3 is 18.2 Å². The number of ether oxygens (including phenoxy) is 2. The summed E-state index contributed by atoms with van der Waals surface area (Å²) in [7, 11) is 0. The fraction of sp³-hybridized carbons (Fsp3) is 0.808. The number of alkyl carbamates (subject to hydrolysis) is 2. The lowest BCUT2D eigenvalue weighted by molar-refractivity contribution is -0.151. The summed E-state index contributed by atoms with van der Waals surface area (Å²) in [6.45, 7) is 30.3. The Bertz CT molecular complexity index is 2040. The van der Waals surface area contributed by atoms with Crippen LogP contribution in [-0.2, 0) is 47.8 Å². The van der Waals surface area contributed by atoms with Crippen LogP contribution in [0.4, 0.5) is 9.59 Å². The Labute approximate surface area is 424 Å². The molecule has 2 saturated heterocycles. The maximum atomic E-state index is 13.8. The molecule has 0 radical (unpaired) electrons. The summed E-state index contributed by atoms with van der Waals surface area (Å²) in [4.78, 5) is 131. The Hall–Kier alpha value is -5.30. The van der Waals surface area contributed by atoms with Crippen molar-refractivity contribution in [3.05, 3.63) is 0 Å². The number of hydrogen-bond acceptors (Lipinski definition) is 12. The third-order valence-corrected chi connectivity index (χ3v) is 15.3. The van der Waals surface area contributed by atoms with Crippen molar-refractivity contribution in [2.45, 2.75) is 197 Å². The number of fused-ring (bicyclic) bond motifs is 2. The zero-order chi connectivity index (χ0) is 54.8. The fourth-order valence-electron chi connectivity index (χ4n) is 10.8. The summed E-state index contributed by atoms with van der Waals surface area (Å²) in [6.07, 6.45) is 2.87. The highest BCUT2D eigenvalue weighted by molar-refractivity contribution is 6.38. The molecule has 0 aromatic rings. The molecule has 0 aromatic heterocycles. The highest BCUT2D eigenvalue weighted by atomic mass is 16.6. The minimum absolute atomic E-state index is 0.0890. The van der Waals surface area contributed by atoms with Crippen molar-refractivity contribution in [2.75, 3.05) is 13.1 Å². The van der Waals surface area contributed by atoms with E-state index in [1.54, 1.807) is 41.5 Å². The van der Waals surface area contributed by atoms with E-state index in [-0.39, 0.29) is 58.7 Å². The third kappa shape index (κ3) is 13.6. The Morgan fingerprint density at radius 2 is 0.875 bits per heavy atom. The van der Waals surface area contributed by atoms with E-state index in [9.17, 15) is 53.1 Å². The SMILES string of the molecule is CC(C)(C)OC(=O)NC(C(=O)N1C[C@H]2[C@@H]([C@H]1C(=O)NC(CC1CC1)C(=O)C(=O)O)C2(C)C)C(C)(C)C.CC(C)(C)OC(=O)N[C@H](C(=O)N1C[C@H]2[C@@H]([C@H]1C(=O)NC(CC1CC1)C(=O)C(N)=O)C2(C)C)C(C)(C)C. The molecular weight excluding hydrogens is 931 g/mol. The van der Waals surface area contributed by atoms with Crippen molar-refractivity contribution in [1.29, 1.82) is 0 Å². The van der Waals surface area contributed by atoms with Crippen molar-refractivity contribution in [2.24, 2.45) is 62.9 Å². The van der Waals surface area contributed by atoms with Crippen LogP contribution in [-0.4, -0.2) is 135 Å². The first-order chi connectivity index (χ1) is 32.7. The first kappa shape index (κ1) is 57.6. The molecule has 2 aliphatic heterocycles. The number of primary amides is 1. The summed E-state index contributed by atoms with van der Waals surface area (Å²) in [5.74, 6) is -5.81. The second kappa shape index (κ2) is 20.2. The zero-order valence-electron chi connectivity index (χ0n) is 45.4. The monoisotopic (exact) mass is 1010 g/mol. The molecule has 7 N–H and O–H groups in total. The van der Waals surface area contributed by atoms with Crippen LogP contribution in [0.2, 0.25) is 0 Å². The van der Waals surface area contributed by atoms with Gasteiger partial charge in [0, 0.05) is 13.1 Å². The standard InChI is InChI=1S/C26H42N4O6.C26H41N3O7/c1-24(2,3)19(29-23(35)36-25(4,5)6)22(34)30-12-14-16(26(14,7)8)17(30)21(33)28-15(11-13-9-10-13)18(31)20(27)32;1-24(2,3)19(28-23(35)36-25(4,5)6)21(32)29-12-14-16(26(14,7)8)17(29)20(31)27-15(11-13-9-10-13)18(30)22(33)34/h13-17,19H,9-12H2,1-8H3,(H2,27,32)(H,28,33)(H,29,35);13-17,19H,9-12H2,1-8H3,(H,27,31)(H,28,35)(H,33,34)/t14-,15?,16-,17-,19+;14-,15?,16-,17-,19?/m00/s1. The number of carbonyl (C=O) groups is 10. The molecule has 0 aromatic carbocycles. The second-order valence-electron chi connectivity index (χ2n) is 26.5. The van der Waals surface area contributed by atoms with Gasteiger partial charge in [0.15, 0.2) is 0 Å². The van der Waals surface area contributed by atoms with Crippen molar-refractivity contribution in [3.63, 3.8) is 0 Å². The first-order valence-corrected chi connectivity index (χ1v) is 25.5. The lowest BCUT2D eigenvalue weighted by Gasteiger charge is -2.38. The number of nitrogens with two attached hydrogens (primary N) is 1. The molecule has 2 heterocycles. The normalized spacial score (nSPS) is 26.3. The number of carboxylic acid groups (broad SMARTS) is 1. The van der Waals surface area contributed by atoms with E-state index in [0.29, 0.717) is 19.5 Å². The van der Waals surface area contributed by atoms with Gasteiger partial charge in [-0.2, -0.15) is 0 Å². The fourth-order valence-corrected chi connectivity index (χ4v) is 10.8. The molecule has 10 atom stereocenters. The number of carbonyl (C=O) groups excluding carboxylic acids is 9. The summed E-state index contributed by atoms with van der Waals surface area (Å²) in [5, 5.41) is 20.1. The smallest absolute Gasteiger partial charge is 0.408 e. The molecule has 7 amide bonds. The number of piperidine rings is 2. The molecule has 4 aliphatic carbocycles. The lowest BCUT2D eigenvalue weighted by atomic mass is 9.85. The van der Waals surface area contributed by atoms with Crippen molar-refractivity contribution in [1.82, 2.24) is 31.1 Å². The molecule has 6 rings (SSSR count). The number of aliphatic carboxylic acids is 1. The van der Waals surface area contributed by atoms with Crippen LogP contribution in [0.25, 0.3) is 0 Å². The van der Waals surface area contributed by atoms with E-state index in [2.05, 4.69) is 35.1 Å². The number of hydrogen-bond donors (Lipinski definition) is 6. The van der Waals surface area contributed by atoms with E-state index in [4.69, 9.17) is 15.2 Å². The molecule has 404 valence electrons. The highest BCUT2D eigenvalue weighted by Gasteiger charge is 2.71. The molecular formula is C52H83N7O13. The van der Waals surface area contributed by atoms with Gasteiger partial charge in [0.2, 0.25) is 29.4 Å². The lowest BCUT2D eigenvalue weighted by Crippen LogP contribution is -2.60. The molecule has 20 heteroatoms. The Morgan fingerprint density at radius 3 is 1.14 bits per heavy atom. The average molecular weight is 1010 g/mol. The van der Waals surface area contributed by atoms with Gasteiger partial charge in [0.05, 0.1) is 12.1 Å². The van der Waals surface area contributed by atoms with Gasteiger partial charge < -0.3 is 51.4 Å². The summed E-state index contributed by atoms with van der Waals surface area (Å²) >= 11 is 0. The Morgan fingerprint density at radius 1 is 0.556 bits per heavy atom. The Kier molecular flexibility index (Phi) is 16.2. The van der Waals surface area contributed by atoms with Crippen LogP contribution in [0.15, 0.2) is 0 Å². The topological polar surface area (TPSA) is 290 Å². The molecule has 72 heavy (non-hydrogen) atoms. The van der Waals surface area contributed by atoms with Crippen LogP contribution in [0.3, 0.4) is 0 Å². The first-order valence-electron chi connectivity index (χ1n) is 25.5. The molecule has 20 nitrogen and oxygen atoms in total.